The Balaban J connectivity index is 1.96. The molecule has 1 N–H and O–H groups in total. The standard InChI is InChI=1S/C20H20N2O5/c1-3-26-12-16-10-15(7-8-18(16)25-2)20(24)27-13-19(23)22-17-6-4-5-14(9-17)11-21/h4-10H,3,12-13H2,1-2H3,(H,22,23). The van der Waals surface area contributed by atoms with Crippen LogP contribution >= 0.6 is 0 Å². The number of carbonyl (C=O) groups is 2. The fourth-order valence-corrected chi connectivity index (χ4v) is 2.31. The van der Waals surface area contributed by atoms with Crippen molar-refractivity contribution in [2.24, 2.45) is 0 Å². The van der Waals surface area contributed by atoms with E-state index in [0.717, 1.165) is 0 Å². The summed E-state index contributed by atoms with van der Waals surface area (Å²) in [7, 11) is 1.54. The number of nitrogens with one attached hydrogen (secondary N) is 1. The van der Waals surface area contributed by atoms with Crippen LogP contribution in [-0.4, -0.2) is 32.2 Å². The molecule has 0 radical (unpaired) electrons. The minimum Gasteiger partial charge on any atom is -0.496 e. The van der Waals surface area contributed by atoms with E-state index < -0.39 is 18.5 Å². The summed E-state index contributed by atoms with van der Waals surface area (Å²) in [5.41, 5.74) is 1.89. The number of carbonyl (C=O) groups excluding carboxylic acids is 2. The molecule has 0 heterocycles. The zero-order valence-electron chi connectivity index (χ0n) is 15.2. The average molecular weight is 368 g/mol. The summed E-state index contributed by atoms with van der Waals surface area (Å²) >= 11 is 0. The zero-order chi connectivity index (χ0) is 19.6. The summed E-state index contributed by atoms with van der Waals surface area (Å²) in [6, 6.07) is 13.3. The lowest BCUT2D eigenvalue weighted by atomic mass is 10.1. The monoisotopic (exact) mass is 368 g/mol. The molecular formula is C20H20N2O5. The third-order valence-electron chi connectivity index (χ3n) is 3.59. The fraction of sp³-hybridized carbons (Fsp3) is 0.250. The van der Waals surface area contributed by atoms with Gasteiger partial charge in [0.1, 0.15) is 5.75 Å². The van der Waals surface area contributed by atoms with E-state index in [1.54, 1.807) is 36.4 Å². The Morgan fingerprint density at radius 2 is 2.00 bits per heavy atom. The zero-order valence-corrected chi connectivity index (χ0v) is 15.2. The summed E-state index contributed by atoms with van der Waals surface area (Å²) in [5, 5.41) is 11.4. The Labute approximate surface area is 157 Å². The van der Waals surface area contributed by atoms with E-state index in [2.05, 4.69) is 5.32 Å². The highest BCUT2D eigenvalue weighted by Crippen LogP contribution is 2.21. The third kappa shape index (κ3) is 5.83. The topological polar surface area (TPSA) is 97.6 Å². The predicted molar refractivity (Wildman–Crippen MR) is 98.4 cm³/mol. The van der Waals surface area contributed by atoms with Crippen LogP contribution in [0.1, 0.15) is 28.4 Å². The molecule has 0 atom stereocenters. The van der Waals surface area contributed by atoms with Crippen LogP contribution in [0.25, 0.3) is 0 Å². The van der Waals surface area contributed by atoms with Crippen molar-refractivity contribution in [2.75, 3.05) is 25.6 Å². The number of methoxy groups -OCH3 is 1. The highest BCUT2D eigenvalue weighted by atomic mass is 16.5. The summed E-state index contributed by atoms with van der Waals surface area (Å²) in [6.07, 6.45) is 0. The van der Waals surface area contributed by atoms with Gasteiger partial charge in [-0.25, -0.2) is 4.79 Å². The predicted octanol–water partition coefficient (Wildman–Crippen LogP) is 2.90. The molecule has 2 rings (SSSR count). The molecule has 140 valence electrons. The van der Waals surface area contributed by atoms with Gasteiger partial charge in [0.2, 0.25) is 0 Å². The summed E-state index contributed by atoms with van der Waals surface area (Å²) in [5.74, 6) is -0.520. The van der Waals surface area contributed by atoms with E-state index in [9.17, 15) is 9.59 Å². The Kier molecular flexibility index (Phi) is 7.35. The lowest BCUT2D eigenvalue weighted by Crippen LogP contribution is -2.21. The second-order valence-corrected chi connectivity index (χ2v) is 5.48. The number of hydrogen-bond donors (Lipinski definition) is 1. The van der Waals surface area contributed by atoms with Crippen LogP contribution in [0.2, 0.25) is 0 Å². The smallest absolute Gasteiger partial charge is 0.338 e. The summed E-state index contributed by atoms with van der Waals surface area (Å²) in [4.78, 5) is 24.1. The lowest BCUT2D eigenvalue weighted by Gasteiger charge is -2.11. The minimum atomic E-state index is -0.628. The van der Waals surface area contributed by atoms with Crippen molar-refractivity contribution in [1.82, 2.24) is 0 Å². The second-order valence-electron chi connectivity index (χ2n) is 5.48. The van der Waals surface area contributed by atoms with E-state index in [4.69, 9.17) is 19.5 Å². The van der Waals surface area contributed by atoms with E-state index in [0.29, 0.717) is 41.3 Å². The van der Waals surface area contributed by atoms with Crippen LogP contribution in [-0.2, 0) is 20.9 Å². The van der Waals surface area contributed by atoms with Gasteiger partial charge >= 0.3 is 5.97 Å². The Bertz CT molecular complexity index is 858. The Morgan fingerprint density at radius 3 is 2.70 bits per heavy atom. The normalized spacial score (nSPS) is 9.96. The highest BCUT2D eigenvalue weighted by molar-refractivity contribution is 5.95. The minimum absolute atomic E-state index is 0.296. The number of anilines is 1. The molecule has 0 spiro atoms. The van der Waals surface area contributed by atoms with Crippen molar-refractivity contribution in [2.45, 2.75) is 13.5 Å². The van der Waals surface area contributed by atoms with Gasteiger partial charge in [0.15, 0.2) is 6.61 Å². The molecule has 0 aromatic heterocycles. The molecule has 0 saturated heterocycles. The number of ether oxygens (including phenoxy) is 3. The van der Waals surface area contributed by atoms with Crippen LogP contribution in [0.5, 0.6) is 5.75 Å². The number of esters is 1. The van der Waals surface area contributed by atoms with Gasteiger partial charge in [-0.3, -0.25) is 4.79 Å². The van der Waals surface area contributed by atoms with Gasteiger partial charge in [-0.05, 0) is 43.3 Å². The molecule has 0 saturated carbocycles. The maximum atomic E-state index is 12.2. The molecular weight excluding hydrogens is 348 g/mol. The van der Waals surface area contributed by atoms with Crippen molar-refractivity contribution in [3.63, 3.8) is 0 Å². The molecule has 27 heavy (non-hydrogen) atoms. The van der Waals surface area contributed by atoms with Crippen LogP contribution in [0.15, 0.2) is 42.5 Å². The molecule has 0 unspecified atom stereocenters. The molecule has 0 fully saturated rings. The van der Waals surface area contributed by atoms with Crippen LogP contribution in [0.3, 0.4) is 0 Å². The van der Waals surface area contributed by atoms with E-state index >= 15 is 0 Å². The van der Waals surface area contributed by atoms with Crippen LogP contribution < -0.4 is 10.1 Å². The van der Waals surface area contributed by atoms with Gasteiger partial charge < -0.3 is 19.5 Å². The van der Waals surface area contributed by atoms with Crippen LogP contribution in [0.4, 0.5) is 5.69 Å². The average Bonchev–Trinajstić information content (AvgIpc) is 2.70. The van der Waals surface area contributed by atoms with E-state index in [1.165, 1.54) is 13.2 Å². The lowest BCUT2D eigenvalue weighted by molar-refractivity contribution is -0.119. The first-order valence-electron chi connectivity index (χ1n) is 8.29. The molecule has 7 heteroatoms. The quantitative estimate of drug-likeness (QED) is 0.720. The van der Waals surface area contributed by atoms with Crippen molar-refractivity contribution in [1.29, 1.82) is 5.26 Å². The summed E-state index contributed by atoms with van der Waals surface area (Å²) < 4.78 is 15.7. The molecule has 1 amide bonds. The van der Waals surface area contributed by atoms with Gasteiger partial charge in [-0.2, -0.15) is 5.26 Å². The molecule has 2 aromatic rings. The Morgan fingerprint density at radius 1 is 1.19 bits per heavy atom. The van der Waals surface area contributed by atoms with Crippen molar-refractivity contribution >= 4 is 17.6 Å². The van der Waals surface area contributed by atoms with E-state index in [1.807, 2.05) is 13.0 Å². The first-order chi connectivity index (χ1) is 13.1. The highest BCUT2D eigenvalue weighted by Gasteiger charge is 2.13. The number of rotatable bonds is 8. The van der Waals surface area contributed by atoms with E-state index in [-0.39, 0.29) is 0 Å². The maximum Gasteiger partial charge on any atom is 0.338 e. The van der Waals surface area contributed by atoms with Crippen molar-refractivity contribution in [3.8, 4) is 11.8 Å². The molecule has 0 bridgehead atoms. The third-order valence-corrected chi connectivity index (χ3v) is 3.59. The molecule has 0 aliphatic heterocycles. The van der Waals surface area contributed by atoms with Gasteiger partial charge in [-0.1, -0.05) is 6.07 Å². The number of hydrogen-bond acceptors (Lipinski definition) is 6. The number of amides is 1. The van der Waals surface area contributed by atoms with Crippen LogP contribution in [0, 0.1) is 11.3 Å². The number of nitrogens with zero attached hydrogens (tertiary/aromatic N) is 1. The maximum absolute atomic E-state index is 12.2. The number of nitriles is 1. The molecule has 7 nitrogen and oxygen atoms in total. The largest absolute Gasteiger partial charge is 0.496 e. The first kappa shape index (κ1) is 19.9. The molecule has 0 aliphatic carbocycles. The first-order valence-corrected chi connectivity index (χ1v) is 8.29. The van der Waals surface area contributed by atoms with Crippen molar-refractivity contribution < 1.29 is 23.8 Å². The SMILES string of the molecule is CCOCc1cc(C(=O)OCC(=O)Nc2cccc(C#N)c2)ccc1OC. The molecule has 2 aromatic carbocycles. The molecule has 0 aliphatic rings. The summed E-state index contributed by atoms with van der Waals surface area (Å²) in [6.45, 7) is 2.26. The van der Waals surface area contributed by atoms with Gasteiger partial charge in [-0.15, -0.1) is 0 Å². The number of benzene rings is 2. The van der Waals surface area contributed by atoms with Gasteiger partial charge in [0.25, 0.3) is 5.91 Å². The van der Waals surface area contributed by atoms with Gasteiger partial charge in [0, 0.05) is 17.9 Å². The Hall–Kier alpha value is -3.37. The fourth-order valence-electron chi connectivity index (χ4n) is 2.31. The van der Waals surface area contributed by atoms with Gasteiger partial charge in [0.05, 0.1) is 30.9 Å². The second kappa shape index (κ2) is 9.94. The van der Waals surface area contributed by atoms with Crippen molar-refractivity contribution in [3.05, 3.63) is 59.2 Å².